The van der Waals surface area contributed by atoms with Crippen molar-refractivity contribution in [2.75, 3.05) is 26.7 Å². The fraction of sp³-hybridized carbons (Fsp3) is 0.667. The lowest BCUT2D eigenvalue weighted by atomic mass is 10.1. The van der Waals surface area contributed by atoms with Crippen molar-refractivity contribution in [3.05, 3.63) is 23.7 Å². The highest BCUT2D eigenvalue weighted by Crippen LogP contribution is 2.12. The van der Waals surface area contributed by atoms with E-state index in [1.165, 1.54) is 45.7 Å². The number of nitrogens with zero attached hydrogens (tertiary/aromatic N) is 1. The van der Waals surface area contributed by atoms with Crippen LogP contribution < -0.4 is 5.32 Å². The number of carbonyl (C=O) groups is 1. The van der Waals surface area contributed by atoms with Crippen molar-refractivity contribution in [2.45, 2.75) is 38.8 Å². The van der Waals surface area contributed by atoms with E-state index in [4.69, 9.17) is 9.15 Å². The second-order valence-corrected chi connectivity index (χ2v) is 5.41. The Labute approximate surface area is 120 Å². The molecule has 5 nitrogen and oxygen atoms in total. The van der Waals surface area contributed by atoms with Crippen molar-refractivity contribution in [1.29, 1.82) is 0 Å². The molecule has 0 saturated carbocycles. The number of methoxy groups -OCH3 is 1. The Hall–Kier alpha value is -1.33. The van der Waals surface area contributed by atoms with Gasteiger partial charge in [0.05, 0.1) is 13.4 Å². The predicted octanol–water partition coefficient (Wildman–Crippen LogP) is 2.03. The van der Waals surface area contributed by atoms with Crippen molar-refractivity contribution in [3.8, 4) is 0 Å². The van der Waals surface area contributed by atoms with Gasteiger partial charge in [0.15, 0.2) is 0 Å². The van der Waals surface area contributed by atoms with Gasteiger partial charge in [-0.05, 0) is 38.9 Å². The number of piperidine rings is 1. The number of hydrogen-bond acceptors (Lipinski definition) is 5. The number of hydrogen-bond donors (Lipinski definition) is 1. The molecular weight excluding hydrogens is 256 g/mol. The molecular formula is C15H24N2O3. The molecule has 112 valence electrons. The van der Waals surface area contributed by atoms with Gasteiger partial charge in [-0.3, -0.25) is 0 Å². The van der Waals surface area contributed by atoms with Crippen molar-refractivity contribution >= 4 is 5.97 Å². The average Bonchev–Trinajstić information content (AvgIpc) is 2.94. The summed E-state index contributed by atoms with van der Waals surface area (Å²) in [4.78, 5) is 14.0. The van der Waals surface area contributed by atoms with Gasteiger partial charge in [0.25, 0.3) is 0 Å². The molecule has 1 aromatic heterocycles. The lowest BCUT2D eigenvalue weighted by Gasteiger charge is -2.29. The Morgan fingerprint density at radius 2 is 2.20 bits per heavy atom. The molecule has 1 aliphatic heterocycles. The van der Waals surface area contributed by atoms with Crippen LogP contribution in [0.1, 0.15) is 42.3 Å². The van der Waals surface area contributed by atoms with Gasteiger partial charge in [-0.1, -0.05) is 6.42 Å². The first-order valence-electron chi connectivity index (χ1n) is 7.31. The molecule has 20 heavy (non-hydrogen) atoms. The standard InChI is InChI=1S/C15H24N2O3/c1-12(11-17-7-4-3-5-8-17)16-10-13-6-9-20-14(13)15(18)19-2/h6,9,12,16H,3-5,7-8,10-11H2,1-2H3. The van der Waals surface area contributed by atoms with Gasteiger partial charge in [0.1, 0.15) is 0 Å². The van der Waals surface area contributed by atoms with E-state index in [1.807, 2.05) is 6.07 Å². The first kappa shape index (κ1) is 15.1. The lowest BCUT2D eigenvalue weighted by Crippen LogP contribution is -2.41. The van der Waals surface area contributed by atoms with Crippen LogP contribution in [0, 0.1) is 0 Å². The molecule has 1 atom stereocenters. The molecule has 0 spiro atoms. The zero-order valence-corrected chi connectivity index (χ0v) is 12.4. The summed E-state index contributed by atoms with van der Waals surface area (Å²) in [5, 5.41) is 3.44. The van der Waals surface area contributed by atoms with Crippen molar-refractivity contribution in [1.82, 2.24) is 10.2 Å². The van der Waals surface area contributed by atoms with Gasteiger partial charge in [-0.15, -0.1) is 0 Å². The first-order valence-corrected chi connectivity index (χ1v) is 7.31. The third-order valence-electron chi connectivity index (χ3n) is 3.74. The molecule has 2 rings (SSSR count). The van der Waals surface area contributed by atoms with E-state index in [-0.39, 0.29) is 0 Å². The molecule has 1 unspecified atom stereocenters. The summed E-state index contributed by atoms with van der Waals surface area (Å²) in [6.07, 6.45) is 5.50. The quantitative estimate of drug-likeness (QED) is 0.808. The molecule has 2 heterocycles. The fourth-order valence-corrected chi connectivity index (χ4v) is 2.62. The molecule has 5 heteroatoms. The number of nitrogens with one attached hydrogen (secondary N) is 1. The van der Waals surface area contributed by atoms with Gasteiger partial charge in [0, 0.05) is 24.7 Å². The highest BCUT2D eigenvalue weighted by molar-refractivity contribution is 5.87. The largest absolute Gasteiger partial charge is 0.463 e. The Bertz CT molecular complexity index is 425. The Balaban J connectivity index is 1.79. The maximum absolute atomic E-state index is 11.5. The molecule has 0 amide bonds. The normalized spacial score (nSPS) is 17.9. The molecule has 0 aliphatic carbocycles. The minimum atomic E-state index is -0.421. The number of likely N-dealkylation sites (tertiary alicyclic amines) is 1. The van der Waals surface area contributed by atoms with Crippen LogP contribution in [0.4, 0.5) is 0 Å². The second-order valence-electron chi connectivity index (χ2n) is 5.41. The molecule has 0 bridgehead atoms. The molecule has 1 saturated heterocycles. The smallest absolute Gasteiger partial charge is 0.374 e. The van der Waals surface area contributed by atoms with E-state index in [0.717, 1.165) is 12.1 Å². The van der Waals surface area contributed by atoms with Crippen LogP contribution in [0.5, 0.6) is 0 Å². The zero-order chi connectivity index (χ0) is 14.4. The summed E-state index contributed by atoms with van der Waals surface area (Å²) >= 11 is 0. The molecule has 1 aliphatic rings. The Morgan fingerprint density at radius 1 is 1.45 bits per heavy atom. The average molecular weight is 280 g/mol. The summed E-state index contributed by atoms with van der Waals surface area (Å²) in [7, 11) is 1.36. The molecule has 1 fully saturated rings. The lowest BCUT2D eigenvalue weighted by molar-refractivity contribution is 0.0563. The summed E-state index contributed by atoms with van der Waals surface area (Å²) in [5.74, 6) is -0.124. The maximum atomic E-state index is 11.5. The van der Waals surface area contributed by atoms with E-state index < -0.39 is 5.97 Å². The number of rotatable bonds is 6. The third-order valence-corrected chi connectivity index (χ3v) is 3.74. The Kier molecular flexibility index (Phi) is 5.61. The second kappa shape index (κ2) is 7.45. The van der Waals surface area contributed by atoms with Crippen molar-refractivity contribution in [2.24, 2.45) is 0 Å². The van der Waals surface area contributed by atoms with Crippen molar-refractivity contribution < 1.29 is 13.9 Å². The third kappa shape index (κ3) is 4.08. The molecule has 1 N–H and O–H groups in total. The van der Waals surface area contributed by atoms with Crippen LogP contribution in [0.25, 0.3) is 0 Å². The predicted molar refractivity (Wildman–Crippen MR) is 76.6 cm³/mol. The number of carbonyl (C=O) groups excluding carboxylic acids is 1. The number of ether oxygens (including phenoxy) is 1. The monoisotopic (exact) mass is 280 g/mol. The number of esters is 1. The zero-order valence-electron chi connectivity index (χ0n) is 12.4. The van der Waals surface area contributed by atoms with Crippen LogP contribution in [-0.2, 0) is 11.3 Å². The minimum absolute atomic E-state index is 0.296. The van der Waals surface area contributed by atoms with Gasteiger partial charge in [-0.2, -0.15) is 0 Å². The van der Waals surface area contributed by atoms with Gasteiger partial charge in [-0.25, -0.2) is 4.79 Å². The number of furan rings is 1. The summed E-state index contributed by atoms with van der Waals surface area (Å²) < 4.78 is 9.87. The van der Waals surface area contributed by atoms with E-state index in [0.29, 0.717) is 18.3 Å². The van der Waals surface area contributed by atoms with E-state index in [9.17, 15) is 4.79 Å². The highest BCUT2D eigenvalue weighted by atomic mass is 16.5. The minimum Gasteiger partial charge on any atom is -0.463 e. The molecule has 1 aromatic rings. The van der Waals surface area contributed by atoms with E-state index in [1.54, 1.807) is 0 Å². The fourth-order valence-electron chi connectivity index (χ4n) is 2.62. The SMILES string of the molecule is COC(=O)c1occc1CNC(C)CN1CCCCC1. The van der Waals surface area contributed by atoms with Crippen molar-refractivity contribution in [3.63, 3.8) is 0 Å². The maximum Gasteiger partial charge on any atom is 0.374 e. The van der Waals surface area contributed by atoms with Gasteiger partial charge >= 0.3 is 5.97 Å². The van der Waals surface area contributed by atoms with E-state index in [2.05, 4.69) is 17.1 Å². The van der Waals surface area contributed by atoms with Crippen LogP contribution in [0.3, 0.4) is 0 Å². The van der Waals surface area contributed by atoms with Crippen LogP contribution in [0.2, 0.25) is 0 Å². The van der Waals surface area contributed by atoms with Gasteiger partial charge in [0.2, 0.25) is 5.76 Å². The molecule has 0 radical (unpaired) electrons. The van der Waals surface area contributed by atoms with Crippen LogP contribution in [-0.4, -0.2) is 43.7 Å². The van der Waals surface area contributed by atoms with Crippen LogP contribution in [0.15, 0.2) is 16.7 Å². The summed E-state index contributed by atoms with van der Waals surface area (Å²) in [6, 6.07) is 2.20. The first-order chi connectivity index (χ1) is 9.70. The Morgan fingerprint density at radius 3 is 2.90 bits per heavy atom. The van der Waals surface area contributed by atoms with E-state index >= 15 is 0 Å². The highest BCUT2D eigenvalue weighted by Gasteiger charge is 2.17. The van der Waals surface area contributed by atoms with Gasteiger partial charge < -0.3 is 19.4 Å². The molecule has 0 aromatic carbocycles. The topological polar surface area (TPSA) is 54.7 Å². The summed E-state index contributed by atoms with van der Waals surface area (Å²) in [5.41, 5.74) is 0.849. The summed E-state index contributed by atoms with van der Waals surface area (Å²) in [6.45, 7) is 6.24. The van der Waals surface area contributed by atoms with Crippen LogP contribution >= 0.6 is 0 Å².